The molecule has 0 aliphatic rings. The van der Waals surface area contributed by atoms with Crippen LogP contribution in [0.4, 0.5) is 0 Å². The molecule has 246 valence electrons. The van der Waals surface area contributed by atoms with Crippen LogP contribution in [-0.2, 0) is 21.1 Å². The number of fused-ring (bicyclic) bond motifs is 13. The number of rotatable bonds is 3. The van der Waals surface area contributed by atoms with E-state index in [0.717, 1.165) is 94.6 Å². The molecule has 0 N–H and O–H groups in total. The van der Waals surface area contributed by atoms with Crippen molar-refractivity contribution in [2.45, 2.75) is 0 Å². The van der Waals surface area contributed by atoms with Crippen molar-refractivity contribution in [2.24, 2.45) is 0 Å². The van der Waals surface area contributed by atoms with Crippen LogP contribution in [0.2, 0.25) is 0 Å². The molecule has 0 fully saturated rings. The Labute approximate surface area is 309 Å². The van der Waals surface area contributed by atoms with Crippen LogP contribution in [0.15, 0.2) is 146 Å². The minimum absolute atomic E-state index is 0. The first-order valence-corrected chi connectivity index (χ1v) is 16.9. The molecule has 8 nitrogen and oxygen atoms in total. The van der Waals surface area contributed by atoms with Crippen molar-refractivity contribution in [1.82, 2.24) is 37.5 Å². The van der Waals surface area contributed by atoms with Crippen LogP contribution in [0.25, 0.3) is 94.6 Å². The molecule has 0 saturated carbocycles. The molecule has 0 bridgehead atoms. The maximum atomic E-state index is 5.11. The monoisotopic (exact) mass is 847 g/mol. The van der Waals surface area contributed by atoms with Gasteiger partial charge in [-0.2, -0.15) is 6.07 Å². The van der Waals surface area contributed by atoms with Gasteiger partial charge in [0.25, 0.3) is 0 Å². The van der Waals surface area contributed by atoms with Gasteiger partial charge in [-0.3, -0.25) is 8.80 Å². The Balaban J connectivity index is 0.00000320. The largest absolute Gasteiger partial charge is 2.00 e. The van der Waals surface area contributed by atoms with E-state index in [1.807, 2.05) is 24.5 Å². The van der Waals surface area contributed by atoms with Crippen molar-refractivity contribution >= 4 is 77.5 Å². The predicted octanol–water partition coefficient (Wildman–Crippen LogP) is 9.27. The summed E-state index contributed by atoms with van der Waals surface area (Å²) >= 11 is 0. The molecule has 52 heavy (non-hydrogen) atoms. The maximum Gasteiger partial charge on any atom is 2.00 e. The second-order valence-electron chi connectivity index (χ2n) is 12.9. The normalized spacial score (nSPS) is 12.1. The Kier molecular flexibility index (Phi) is 6.05. The standard InChI is InChI=1S/C43H24N8.Pt/c1-4-14-34-30(11-1)31-22-21-27(48-37-17-7-9-19-39(37)50-35-15-5-2-12-32(35)45-42(48)50)24-41(31)47(34)28-23-29(26-44-25-28)49-38-18-8-10-20-40(38)51-36-16-6-3-13-33(36)46-43(49)51;/h1-22,25-26H;/q-2;+2. The number of aromatic nitrogens is 8. The molecule has 6 heterocycles. The van der Waals surface area contributed by atoms with Crippen LogP contribution < -0.4 is 0 Å². The van der Waals surface area contributed by atoms with E-state index in [0.29, 0.717) is 0 Å². The number of pyridine rings is 1. The minimum atomic E-state index is 0. The fourth-order valence-electron chi connectivity index (χ4n) is 8.04. The summed E-state index contributed by atoms with van der Waals surface area (Å²) in [5.41, 5.74) is 12.8. The van der Waals surface area contributed by atoms with Crippen LogP contribution in [-0.4, -0.2) is 37.5 Å². The summed E-state index contributed by atoms with van der Waals surface area (Å²) in [6.07, 6.45) is 3.75. The fourth-order valence-corrected chi connectivity index (χ4v) is 8.04. The van der Waals surface area contributed by atoms with Gasteiger partial charge < -0.3 is 18.7 Å². The zero-order chi connectivity index (χ0) is 33.2. The molecule has 0 atom stereocenters. The van der Waals surface area contributed by atoms with Gasteiger partial charge in [0.05, 0.1) is 44.1 Å². The third-order valence-corrected chi connectivity index (χ3v) is 10.2. The molecule has 0 aliphatic heterocycles. The molecule has 0 unspecified atom stereocenters. The second-order valence-corrected chi connectivity index (χ2v) is 12.9. The van der Waals surface area contributed by atoms with Crippen molar-refractivity contribution in [1.29, 1.82) is 0 Å². The molecular formula is C43H24N8Pt. The summed E-state index contributed by atoms with van der Waals surface area (Å²) in [5, 5.41) is 2.24. The van der Waals surface area contributed by atoms with Gasteiger partial charge in [0.15, 0.2) is 0 Å². The van der Waals surface area contributed by atoms with Crippen LogP contribution in [0.3, 0.4) is 0 Å². The molecule has 6 aromatic carbocycles. The van der Waals surface area contributed by atoms with E-state index in [4.69, 9.17) is 15.0 Å². The van der Waals surface area contributed by atoms with E-state index in [9.17, 15) is 0 Å². The average Bonchev–Trinajstić information content (AvgIpc) is 3.97. The topological polar surface area (TPSA) is 62.3 Å². The molecule has 0 aliphatic carbocycles. The van der Waals surface area contributed by atoms with Gasteiger partial charge in [0, 0.05) is 5.52 Å². The van der Waals surface area contributed by atoms with Gasteiger partial charge >= 0.3 is 21.1 Å². The quantitative estimate of drug-likeness (QED) is 0.167. The van der Waals surface area contributed by atoms with Gasteiger partial charge in [-0.1, -0.05) is 90.3 Å². The van der Waals surface area contributed by atoms with Gasteiger partial charge in [-0.05, 0) is 71.4 Å². The molecular weight excluding hydrogens is 824 g/mol. The first-order valence-electron chi connectivity index (χ1n) is 16.9. The van der Waals surface area contributed by atoms with Crippen molar-refractivity contribution in [3.05, 3.63) is 158 Å². The van der Waals surface area contributed by atoms with E-state index < -0.39 is 0 Å². The molecule has 0 saturated heterocycles. The number of benzene rings is 6. The third-order valence-electron chi connectivity index (χ3n) is 10.2. The van der Waals surface area contributed by atoms with Crippen molar-refractivity contribution < 1.29 is 21.1 Å². The molecule has 12 rings (SSSR count). The summed E-state index contributed by atoms with van der Waals surface area (Å²) in [6.45, 7) is 0. The minimum Gasteiger partial charge on any atom is -0.387 e. The van der Waals surface area contributed by atoms with Crippen molar-refractivity contribution in [3.63, 3.8) is 0 Å². The van der Waals surface area contributed by atoms with Crippen molar-refractivity contribution in [3.8, 4) is 17.1 Å². The molecule has 12 aromatic rings. The molecule has 0 radical (unpaired) electrons. The Morgan fingerprint density at radius 2 is 0.865 bits per heavy atom. The summed E-state index contributed by atoms with van der Waals surface area (Å²) in [7, 11) is 0. The summed E-state index contributed by atoms with van der Waals surface area (Å²) < 4.78 is 11.0. The van der Waals surface area contributed by atoms with E-state index in [1.165, 1.54) is 0 Å². The Morgan fingerprint density at radius 3 is 1.48 bits per heavy atom. The smallest absolute Gasteiger partial charge is 0.387 e. The number of imidazole rings is 4. The number of hydrogen-bond acceptors (Lipinski definition) is 3. The third kappa shape index (κ3) is 3.82. The SMILES string of the molecule is [Pt+2].[c-]1c(-n2c3[c-]c(-n4c5ccccc5n5c6ccccc6nc45)ccc3c3ccccc32)cncc1-n1c2ccccc2n2c3ccccc3nc12. The van der Waals surface area contributed by atoms with Crippen LogP contribution in [0, 0.1) is 12.1 Å². The Bertz CT molecular complexity index is 3390. The van der Waals surface area contributed by atoms with Crippen LogP contribution >= 0.6 is 0 Å². The molecule has 6 aromatic heterocycles. The summed E-state index contributed by atoms with van der Waals surface area (Å²) in [6, 6.07) is 53.8. The maximum absolute atomic E-state index is 5.11. The number of nitrogens with zero attached hydrogens (tertiary/aromatic N) is 8. The van der Waals surface area contributed by atoms with Gasteiger partial charge in [0.1, 0.15) is 0 Å². The van der Waals surface area contributed by atoms with Gasteiger partial charge in [-0.15, -0.1) is 23.6 Å². The van der Waals surface area contributed by atoms with Crippen molar-refractivity contribution in [2.75, 3.05) is 0 Å². The van der Waals surface area contributed by atoms with E-state index in [2.05, 4.69) is 156 Å². The fraction of sp³-hybridized carbons (Fsp3) is 0. The first-order chi connectivity index (χ1) is 25.3. The molecule has 0 spiro atoms. The zero-order valence-electron chi connectivity index (χ0n) is 27.3. The predicted molar refractivity (Wildman–Crippen MR) is 202 cm³/mol. The van der Waals surface area contributed by atoms with E-state index >= 15 is 0 Å². The average molecular weight is 848 g/mol. The van der Waals surface area contributed by atoms with Gasteiger partial charge in [0.2, 0.25) is 11.6 Å². The van der Waals surface area contributed by atoms with Gasteiger partial charge in [-0.25, -0.2) is 9.97 Å². The Morgan fingerprint density at radius 1 is 0.385 bits per heavy atom. The first kappa shape index (κ1) is 29.2. The second kappa shape index (κ2) is 10.8. The molecule has 0 amide bonds. The van der Waals surface area contributed by atoms with Crippen LogP contribution in [0.5, 0.6) is 0 Å². The Hall–Kier alpha value is -6.50. The summed E-state index contributed by atoms with van der Waals surface area (Å²) in [5.74, 6) is 1.67. The van der Waals surface area contributed by atoms with Crippen LogP contribution in [0.1, 0.15) is 0 Å². The molecule has 9 heteroatoms. The number of para-hydroxylation sites is 9. The zero-order valence-corrected chi connectivity index (χ0v) is 29.5. The summed E-state index contributed by atoms with van der Waals surface area (Å²) in [4.78, 5) is 15.0. The van der Waals surface area contributed by atoms with E-state index in [1.54, 1.807) is 0 Å². The van der Waals surface area contributed by atoms with E-state index in [-0.39, 0.29) is 21.1 Å². The number of hydrogen-bond donors (Lipinski definition) is 0.